The molecule has 1 aliphatic rings. The number of halogens is 3. The monoisotopic (exact) mass is 378 g/mol. The van der Waals surface area contributed by atoms with Gasteiger partial charge in [0.25, 0.3) is 5.91 Å². The van der Waals surface area contributed by atoms with Crippen molar-refractivity contribution in [2.75, 3.05) is 6.61 Å². The van der Waals surface area contributed by atoms with Crippen LogP contribution in [0.5, 0.6) is 5.75 Å². The van der Waals surface area contributed by atoms with E-state index in [-0.39, 0.29) is 13.0 Å². The summed E-state index contributed by atoms with van der Waals surface area (Å²) >= 11 is 0. The Morgan fingerprint density at radius 3 is 2.37 bits per heavy atom. The Hall–Kier alpha value is -3.03. The second-order valence-electron chi connectivity index (χ2n) is 6.20. The van der Waals surface area contributed by atoms with Crippen LogP contribution in [-0.4, -0.2) is 29.4 Å². The standard InChI is InChI=1S/C19H17F3N2O3/c20-19(21,22)14-7-3-4-8-16(14)27-11-17(25)24-10-13-6-2-1-5-12(13)9-15(24)18(23)26/h1-8,15H,9-11H2,(H2,23,26)/t15-/m0/s1. The highest BCUT2D eigenvalue weighted by molar-refractivity contribution is 5.88. The number of nitrogens with zero attached hydrogens (tertiary/aromatic N) is 1. The highest BCUT2D eigenvalue weighted by Gasteiger charge is 2.36. The fourth-order valence-electron chi connectivity index (χ4n) is 3.09. The Morgan fingerprint density at radius 2 is 1.70 bits per heavy atom. The third-order valence-corrected chi connectivity index (χ3v) is 4.44. The lowest BCUT2D eigenvalue weighted by Gasteiger charge is -2.35. The van der Waals surface area contributed by atoms with Gasteiger partial charge in [0.1, 0.15) is 11.8 Å². The Labute approximate surface area is 153 Å². The maximum atomic E-state index is 13.0. The molecule has 8 heteroatoms. The third kappa shape index (κ3) is 4.05. The first-order valence-corrected chi connectivity index (χ1v) is 8.22. The van der Waals surface area contributed by atoms with Gasteiger partial charge in [-0.1, -0.05) is 36.4 Å². The summed E-state index contributed by atoms with van der Waals surface area (Å²) in [6.07, 6.45) is -4.34. The number of rotatable bonds is 4. The maximum Gasteiger partial charge on any atom is 0.419 e. The molecular formula is C19H17F3N2O3. The summed E-state index contributed by atoms with van der Waals surface area (Å²) in [6.45, 7) is -0.480. The van der Waals surface area contributed by atoms with E-state index in [9.17, 15) is 22.8 Å². The van der Waals surface area contributed by atoms with E-state index >= 15 is 0 Å². The molecule has 2 aromatic carbocycles. The number of hydrogen-bond acceptors (Lipinski definition) is 3. The number of para-hydroxylation sites is 1. The summed E-state index contributed by atoms with van der Waals surface area (Å²) in [4.78, 5) is 25.6. The van der Waals surface area contributed by atoms with E-state index < -0.39 is 42.0 Å². The molecule has 3 rings (SSSR count). The first kappa shape index (κ1) is 18.8. The van der Waals surface area contributed by atoms with Gasteiger partial charge in [-0.3, -0.25) is 9.59 Å². The van der Waals surface area contributed by atoms with Crippen LogP contribution in [-0.2, 0) is 28.7 Å². The molecule has 142 valence electrons. The number of benzene rings is 2. The molecular weight excluding hydrogens is 361 g/mol. The van der Waals surface area contributed by atoms with Crippen LogP contribution >= 0.6 is 0 Å². The number of primary amides is 1. The van der Waals surface area contributed by atoms with Gasteiger partial charge in [-0.15, -0.1) is 0 Å². The van der Waals surface area contributed by atoms with Crippen LogP contribution < -0.4 is 10.5 Å². The zero-order chi connectivity index (χ0) is 19.6. The van der Waals surface area contributed by atoms with E-state index in [0.717, 1.165) is 23.3 Å². The van der Waals surface area contributed by atoms with Gasteiger partial charge < -0.3 is 15.4 Å². The number of fused-ring (bicyclic) bond motifs is 1. The van der Waals surface area contributed by atoms with E-state index in [1.165, 1.54) is 17.0 Å². The van der Waals surface area contributed by atoms with Gasteiger partial charge >= 0.3 is 6.18 Å². The SMILES string of the molecule is NC(=O)[C@@H]1Cc2ccccc2CN1C(=O)COc1ccccc1C(F)(F)F. The molecule has 0 saturated carbocycles. The van der Waals surface area contributed by atoms with Crippen molar-refractivity contribution in [3.8, 4) is 5.75 Å². The lowest BCUT2D eigenvalue weighted by Crippen LogP contribution is -2.52. The smallest absolute Gasteiger partial charge is 0.419 e. The summed E-state index contributed by atoms with van der Waals surface area (Å²) in [7, 11) is 0. The minimum atomic E-state index is -4.60. The summed E-state index contributed by atoms with van der Waals surface area (Å²) in [5, 5.41) is 0. The fraction of sp³-hybridized carbons (Fsp3) is 0.263. The van der Waals surface area contributed by atoms with Crippen molar-refractivity contribution in [1.29, 1.82) is 0 Å². The minimum absolute atomic E-state index is 0.146. The van der Waals surface area contributed by atoms with Gasteiger partial charge in [-0.05, 0) is 23.3 Å². The average Bonchev–Trinajstić information content (AvgIpc) is 2.64. The predicted molar refractivity (Wildman–Crippen MR) is 90.6 cm³/mol. The largest absolute Gasteiger partial charge is 0.483 e. The molecule has 0 radical (unpaired) electrons. The highest BCUT2D eigenvalue weighted by atomic mass is 19.4. The number of carbonyl (C=O) groups is 2. The van der Waals surface area contributed by atoms with Gasteiger partial charge in [-0.25, -0.2) is 0 Å². The molecule has 0 aliphatic carbocycles. The van der Waals surface area contributed by atoms with Crippen molar-refractivity contribution in [3.05, 3.63) is 65.2 Å². The molecule has 5 nitrogen and oxygen atoms in total. The molecule has 0 unspecified atom stereocenters. The zero-order valence-electron chi connectivity index (χ0n) is 14.2. The minimum Gasteiger partial charge on any atom is -0.483 e. The Morgan fingerprint density at radius 1 is 1.07 bits per heavy atom. The molecule has 0 bridgehead atoms. The number of alkyl halides is 3. The van der Waals surface area contributed by atoms with Crippen LogP contribution in [0.2, 0.25) is 0 Å². The zero-order valence-corrected chi connectivity index (χ0v) is 14.2. The lowest BCUT2D eigenvalue weighted by atomic mass is 9.93. The van der Waals surface area contributed by atoms with E-state index in [0.29, 0.717) is 0 Å². The number of amides is 2. The maximum absolute atomic E-state index is 13.0. The van der Waals surface area contributed by atoms with E-state index in [1.54, 1.807) is 0 Å². The van der Waals surface area contributed by atoms with Crippen LogP contribution in [0.15, 0.2) is 48.5 Å². The molecule has 1 aliphatic heterocycles. The molecule has 0 saturated heterocycles. The van der Waals surface area contributed by atoms with Crippen molar-refractivity contribution in [2.45, 2.75) is 25.2 Å². The van der Waals surface area contributed by atoms with Crippen molar-refractivity contribution in [1.82, 2.24) is 4.90 Å². The molecule has 0 spiro atoms. The van der Waals surface area contributed by atoms with Gasteiger partial charge in [0.2, 0.25) is 5.91 Å². The second kappa shape index (κ2) is 7.30. The quantitative estimate of drug-likeness (QED) is 0.889. The van der Waals surface area contributed by atoms with E-state index in [2.05, 4.69) is 0 Å². The topological polar surface area (TPSA) is 72.6 Å². The highest BCUT2D eigenvalue weighted by Crippen LogP contribution is 2.36. The van der Waals surface area contributed by atoms with Crippen LogP contribution in [0.3, 0.4) is 0 Å². The van der Waals surface area contributed by atoms with Crippen molar-refractivity contribution in [2.24, 2.45) is 5.73 Å². The molecule has 2 aromatic rings. The van der Waals surface area contributed by atoms with Gasteiger partial charge in [0.05, 0.1) is 5.56 Å². The van der Waals surface area contributed by atoms with Crippen molar-refractivity contribution < 1.29 is 27.5 Å². The van der Waals surface area contributed by atoms with E-state index in [1.807, 2.05) is 24.3 Å². The van der Waals surface area contributed by atoms with Gasteiger partial charge in [0, 0.05) is 13.0 Å². The summed E-state index contributed by atoms with van der Waals surface area (Å²) in [5.74, 6) is -1.72. The number of nitrogens with two attached hydrogens (primary N) is 1. The fourth-order valence-corrected chi connectivity index (χ4v) is 3.09. The first-order valence-electron chi connectivity index (χ1n) is 8.22. The van der Waals surface area contributed by atoms with E-state index in [4.69, 9.17) is 10.5 Å². The number of carbonyl (C=O) groups excluding carboxylic acids is 2. The van der Waals surface area contributed by atoms with Crippen LogP contribution in [0.25, 0.3) is 0 Å². The molecule has 2 amide bonds. The Kier molecular flexibility index (Phi) is 5.07. The summed E-state index contributed by atoms with van der Waals surface area (Å²) < 4.78 is 44.2. The Bertz CT molecular complexity index is 867. The Balaban J connectivity index is 1.77. The molecule has 0 aromatic heterocycles. The number of hydrogen-bond donors (Lipinski definition) is 1. The summed E-state index contributed by atoms with van der Waals surface area (Å²) in [6, 6.07) is 11.1. The molecule has 1 heterocycles. The van der Waals surface area contributed by atoms with Gasteiger partial charge in [0.15, 0.2) is 6.61 Å². The number of ether oxygens (including phenoxy) is 1. The van der Waals surface area contributed by atoms with Crippen molar-refractivity contribution in [3.63, 3.8) is 0 Å². The average molecular weight is 378 g/mol. The first-order chi connectivity index (χ1) is 12.8. The summed E-state index contributed by atoms with van der Waals surface area (Å²) in [5.41, 5.74) is 6.23. The third-order valence-electron chi connectivity index (χ3n) is 4.44. The molecule has 27 heavy (non-hydrogen) atoms. The lowest BCUT2D eigenvalue weighted by molar-refractivity contribution is -0.144. The van der Waals surface area contributed by atoms with Crippen LogP contribution in [0.1, 0.15) is 16.7 Å². The van der Waals surface area contributed by atoms with Crippen LogP contribution in [0.4, 0.5) is 13.2 Å². The van der Waals surface area contributed by atoms with Crippen LogP contribution in [0, 0.1) is 0 Å². The molecule has 0 fully saturated rings. The molecule has 1 atom stereocenters. The normalized spacial score (nSPS) is 16.6. The second-order valence-corrected chi connectivity index (χ2v) is 6.20. The van der Waals surface area contributed by atoms with Crippen molar-refractivity contribution >= 4 is 11.8 Å². The predicted octanol–water partition coefficient (Wildman–Crippen LogP) is 2.52. The molecule has 2 N–H and O–H groups in total. The van der Waals surface area contributed by atoms with Gasteiger partial charge in [-0.2, -0.15) is 13.2 Å².